The Hall–Kier alpha value is -3.78. The molecular weight excluding hydrogens is 426 g/mol. The van der Waals surface area contributed by atoms with Crippen LogP contribution in [0.5, 0.6) is 11.5 Å². The Balaban J connectivity index is 1.64. The standard InChI is InChI=1S/C24H21N3O4S/c1-4-30-20-13-18(9-11-19(20)31-16(3)28)14-21-23(29)27-24(32-21)25-22(26-27)12-10-17-7-5-15(2)6-8-17/h5-14H,4H2,1-3H3. The summed E-state index contributed by atoms with van der Waals surface area (Å²) in [4.78, 5) is 29.0. The van der Waals surface area contributed by atoms with E-state index in [2.05, 4.69) is 10.1 Å². The van der Waals surface area contributed by atoms with Gasteiger partial charge in [-0.25, -0.2) is 0 Å². The van der Waals surface area contributed by atoms with Crippen LogP contribution >= 0.6 is 11.3 Å². The van der Waals surface area contributed by atoms with Crippen LogP contribution in [-0.4, -0.2) is 27.2 Å². The molecule has 2 aromatic heterocycles. The monoisotopic (exact) mass is 447 g/mol. The van der Waals surface area contributed by atoms with Gasteiger partial charge in [0.2, 0.25) is 4.96 Å². The van der Waals surface area contributed by atoms with E-state index >= 15 is 0 Å². The molecule has 2 heterocycles. The van der Waals surface area contributed by atoms with E-state index in [0.29, 0.717) is 33.4 Å². The lowest BCUT2D eigenvalue weighted by atomic mass is 10.1. The molecule has 0 saturated carbocycles. The molecule has 4 aromatic rings. The second-order valence-electron chi connectivity index (χ2n) is 7.06. The van der Waals surface area contributed by atoms with Gasteiger partial charge in [-0.15, -0.1) is 5.10 Å². The van der Waals surface area contributed by atoms with E-state index in [4.69, 9.17) is 9.47 Å². The van der Waals surface area contributed by atoms with Crippen LogP contribution in [0.25, 0.3) is 23.2 Å². The lowest BCUT2D eigenvalue weighted by Gasteiger charge is -2.10. The highest BCUT2D eigenvalue weighted by atomic mass is 32.1. The van der Waals surface area contributed by atoms with Gasteiger partial charge in [0.05, 0.1) is 11.1 Å². The maximum atomic E-state index is 12.8. The van der Waals surface area contributed by atoms with Crippen molar-refractivity contribution in [2.45, 2.75) is 20.8 Å². The lowest BCUT2D eigenvalue weighted by Crippen LogP contribution is -2.23. The minimum atomic E-state index is -0.428. The molecule has 32 heavy (non-hydrogen) atoms. The summed E-state index contributed by atoms with van der Waals surface area (Å²) in [5.41, 5.74) is 2.73. The fourth-order valence-corrected chi connectivity index (χ4v) is 3.96. The number of nitrogens with zero attached hydrogens (tertiary/aromatic N) is 3. The summed E-state index contributed by atoms with van der Waals surface area (Å²) in [5.74, 6) is 0.825. The zero-order valence-electron chi connectivity index (χ0n) is 17.9. The molecule has 0 radical (unpaired) electrons. The van der Waals surface area contributed by atoms with Gasteiger partial charge in [0, 0.05) is 6.92 Å². The van der Waals surface area contributed by atoms with Crippen LogP contribution in [0.1, 0.15) is 36.4 Å². The van der Waals surface area contributed by atoms with Gasteiger partial charge in [-0.3, -0.25) is 9.59 Å². The largest absolute Gasteiger partial charge is 0.490 e. The average molecular weight is 448 g/mol. The third kappa shape index (κ3) is 4.76. The maximum absolute atomic E-state index is 12.8. The fraction of sp³-hybridized carbons (Fsp3) is 0.167. The quantitative estimate of drug-likeness (QED) is 0.332. The predicted octanol–water partition coefficient (Wildman–Crippen LogP) is 3.50. The van der Waals surface area contributed by atoms with Gasteiger partial charge in [0.25, 0.3) is 5.56 Å². The first-order valence-corrected chi connectivity index (χ1v) is 10.9. The van der Waals surface area contributed by atoms with Gasteiger partial charge in [0.15, 0.2) is 17.3 Å². The Bertz CT molecular complexity index is 1420. The molecule has 0 saturated heterocycles. The summed E-state index contributed by atoms with van der Waals surface area (Å²) in [6, 6.07) is 13.2. The van der Waals surface area contributed by atoms with E-state index in [1.807, 2.05) is 44.2 Å². The first kappa shape index (κ1) is 21.5. The molecule has 7 nitrogen and oxygen atoms in total. The van der Waals surface area contributed by atoms with Crippen molar-refractivity contribution in [2.24, 2.45) is 0 Å². The van der Waals surface area contributed by atoms with E-state index in [9.17, 15) is 9.59 Å². The van der Waals surface area contributed by atoms with Crippen molar-refractivity contribution >= 4 is 40.5 Å². The maximum Gasteiger partial charge on any atom is 0.308 e. The second kappa shape index (κ2) is 9.15. The molecule has 0 aliphatic rings. The number of hydrogen-bond donors (Lipinski definition) is 0. The number of hydrogen-bond acceptors (Lipinski definition) is 7. The highest BCUT2D eigenvalue weighted by molar-refractivity contribution is 7.15. The molecule has 0 unspecified atom stereocenters. The number of ether oxygens (including phenoxy) is 2. The summed E-state index contributed by atoms with van der Waals surface area (Å²) >= 11 is 1.26. The number of aryl methyl sites for hydroxylation is 1. The minimum absolute atomic E-state index is 0.241. The molecule has 0 aliphatic heterocycles. The van der Waals surface area contributed by atoms with E-state index in [-0.39, 0.29) is 5.56 Å². The van der Waals surface area contributed by atoms with Crippen LogP contribution in [0.15, 0.2) is 47.3 Å². The number of esters is 1. The van der Waals surface area contributed by atoms with Crippen LogP contribution in [0.3, 0.4) is 0 Å². The van der Waals surface area contributed by atoms with E-state index < -0.39 is 5.97 Å². The van der Waals surface area contributed by atoms with Crippen molar-refractivity contribution in [3.05, 3.63) is 79.9 Å². The Kier molecular flexibility index (Phi) is 6.13. The van der Waals surface area contributed by atoms with E-state index in [1.54, 1.807) is 30.4 Å². The molecule has 8 heteroatoms. The van der Waals surface area contributed by atoms with Crippen LogP contribution in [0.2, 0.25) is 0 Å². The Morgan fingerprint density at radius 2 is 1.84 bits per heavy atom. The van der Waals surface area contributed by atoms with Crippen molar-refractivity contribution in [2.75, 3.05) is 6.61 Å². The summed E-state index contributed by atoms with van der Waals surface area (Å²) in [7, 11) is 0. The molecule has 162 valence electrons. The van der Waals surface area contributed by atoms with E-state index in [1.165, 1.54) is 28.3 Å². The lowest BCUT2D eigenvalue weighted by molar-refractivity contribution is -0.132. The third-order valence-corrected chi connectivity index (χ3v) is 5.48. The van der Waals surface area contributed by atoms with E-state index in [0.717, 1.165) is 11.1 Å². The molecule has 0 amide bonds. The Morgan fingerprint density at radius 3 is 2.53 bits per heavy atom. The summed E-state index contributed by atoms with van der Waals surface area (Å²) in [6.45, 7) is 5.63. The van der Waals surface area contributed by atoms with Gasteiger partial charge in [-0.05, 0) is 49.3 Å². The number of carbonyl (C=O) groups is 1. The van der Waals surface area contributed by atoms with Crippen molar-refractivity contribution in [1.29, 1.82) is 0 Å². The minimum Gasteiger partial charge on any atom is -0.490 e. The van der Waals surface area contributed by atoms with Gasteiger partial charge < -0.3 is 9.47 Å². The summed E-state index contributed by atoms with van der Waals surface area (Å²) in [5, 5.41) is 4.32. The molecule has 0 bridgehead atoms. The predicted molar refractivity (Wildman–Crippen MR) is 125 cm³/mol. The molecule has 4 rings (SSSR count). The van der Waals surface area contributed by atoms with Crippen molar-refractivity contribution in [3.63, 3.8) is 0 Å². The normalized spacial score (nSPS) is 12.0. The number of fused-ring (bicyclic) bond motifs is 1. The number of carbonyl (C=O) groups excluding carboxylic acids is 1. The smallest absolute Gasteiger partial charge is 0.308 e. The number of benzene rings is 2. The first-order chi connectivity index (χ1) is 15.4. The fourth-order valence-electron chi connectivity index (χ4n) is 3.04. The van der Waals surface area contributed by atoms with Gasteiger partial charge in [-0.2, -0.15) is 9.50 Å². The Labute approximate surface area is 188 Å². The molecule has 0 atom stereocenters. The molecular formula is C24H21N3O4S. The zero-order chi connectivity index (χ0) is 22.7. The second-order valence-corrected chi connectivity index (χ2v) is 8.07. The van der Waals surface area contributed by atoms with Crippen molar-refractivity contribution < 1.29 is 14.3 Å². The number of aromatic nitrogens is 3. The average Bonchev–Trinajstić information content (AvgIpc) is 3.28. The topological polar surface area (TPSA) is 82.8 Å². The van der Waals surface area contributed by atoms with Crippen molar-refractivity contribution in [1.82, 2.24) is 14.6 Å². The zero-order valence-corrected chi connectivity index (χ0v) is 18.7. The molecule has 0 aliphatic carbocycles. The summed E-state index contributed by atoms with van der Waals surface area (Å²) < 4.78 is 12.5. The Morgan fingerprint density at radius 1 is 1.09 bits per heavy atom. The molecule has 0 spiro atoms. The highest BCUT2D eigenvalue weighted by Crippen LogP contribution is 2.29. The van der Waals surface area contributed by atoms with Gasteiger partial charge in [-0.1, -0.05) is 53.3 Å². The SMILES string of the molecule is CCOc1cc(C=c2sc3nc(C=Cc4ccc(C)cc4)nn3c2=O)ccc1OC(C)=O. The molecule has 2 aromatic carbocycles. The molecule has 0 N–H and O–H groups in total. The molecule has 0 fully saturated rings. The van der Waals surface area contributed by atoms with Crippen molar-refractivity contribution in [3.8, 4) is 11.5 Å². The van der Waals surface area contributed by atoms with Crippen LogP contribution in [-0.2, 0) is 4.79 Å². The third-order valence-electron chi connectivity index (χ3n) is 4.52. The highest BCUT2D eigenvalue weighted by Gasteiger charge is 2.11. The van der Waals surface area contributed by atoms with Crippen LogP contribution in [0.4, 0.5) is 0 Å². The number of thiazole rings is 1. The van der Waals surface area contributed by atoms with Gasteiger partial charge in [0.1, 0.15) is 0 Å². The van der Waals surface area contributed by atoms with Crippen LogP contribution < -0.4 is 19.6 Å². The van der Waals surface area contributed by atoms with Gasteiger partial charge >= 0.3 is 5.97 Å². The summed E-state index contributed by atoms with van der Waals surface area (Å²) in [6.07, 6.45) is 5.44. The van der Waals surface area contributed by atoms with Crippen LogP contribution in [0, 0.1) is 6.92 Å². The number of rotatable bonds is 6. The first-order valence-electron chi connectivity index (χ1n) is 10.0.